The molecule has 4 aromatic carbocycles. The van der Waals surface area contributed by atoms with E-state index in [1.54, 1.807) is 23.3 Å². The van der Waals surface area contributed by atoms with Crippen molar-refractivity contribution in [3.63, 3.8) is 0 Å². The number of allylic oxidation sites excluding steroid dienone is 4. The van der Waals surface area contributed by atoms with Gasteiger partial charge < -0.3 is 0 Å². The number of halogens is 2. The van der Waals surface area contributed by atoms with Gasteiger partial charge in [0.05, 0.1) is 0 Å². The van der Waals surface area contributed by atoms with Crippen LogP contribution in [0.25, 0.3) is 11.1 Å². The Balaban J connectivity index is 0.000000540. The van der Waals surface area contributed by atoms with Gasteiger partial charge in [-0.1, -0.05) is 56.2 Å². The SMILES string of the molecule is CC(C)(C)c1[c-]c2c(cc1)-c1ccccc1C2.Cl.Cl.[C-]1=CC=CC1.[SiH2]=[Zr].[c-]1ccccc1.[c-]1ccccc1. The second-order valence-corrected chi connectivity index (χ2v) is 9.01. The van der Waals surface area contributed by atoms with E-state index in [2.05, 4.69) is 87.5 Å². The van der Waals surface area contributed by atoms with Crippen molar-refractivity contribution in [2.45, 2.75) is 39.0 Å². The fraction of sp³-hybridized carbons (Fsp3) is 0.176. The van der Waals surface area contributed by atoms with Crippen molar-refractivity contribution in [3.8, 4) is 11.1 Å². The Labute approximate surface area is 259 Å². The van der Waals surface area contributed by atoms with E-state index >= 15 is 0 Å². The van der Waals surface area contributed by atoms with Gasteiger partial charge in [-0.05, 0) is 11.8 Å². The zero-order valence-corrected chi connectivity index (χ0v) is 27.9. The van der Waals surface area contributed by atoms with E-state index < -0.39 is 0 Å². The Morgan fingerprint density at radius 1 is 0.711 bits per heavy atom. The minimum absolute atomic E-state index is 0. The summed E-state index contributed by atoms with van der Waals surface area (Å²) in [4.78, 5) is 0. The smallest absolute Gasteiger partial charge is 0.171 e. The molecule has 0 heterocycles. The summed E-state index contributed by atoms with van der Waals surface area (Å²) in [6.07, 6.45) is 11.0. The van der Waals surface area contributed by atoms with Crippen LogP contribution in [-0.2, 0) is 35.2 Å². The maximum absolute atomic E-state index is 3.61. The van der Waals surface area contributed by atoms with E-state index in [0.29, 0.717) is 0 Å². The van der Waals surface area contributed by atoms with Gasteiger partial charge >= 0.3 is 30.2 Å². The van der Waals surface area contributed by atoms with Crippen LogP contribution in [0.2, 0.25) is 0 Å². The first-order valence-corrected chi connectivity index (χ1v) is 18.0. The molecule has 0 aromatic heterocycles. The van der Waals surface area contributed by atoms with E-state index in [1.165, 1.54) is 27.8 Å². The Morgan fingerprint density at radius 2 is 1.29 bits per heavy atom. The molecule has 0 saturated carbocycles. The zero-order chi connectivity index (χ0) is 26.1. The minimum Gasteiger partial charge on any atom is -0.184 e. The predicted molar refractivity (Wildman–Crippen MR) is 167 cm³/mol. The van der Waals surface area contributed by atoms with Gasteiger partial charge in [0.25, 0.3) is 0 Å². The molecule has 4 aromatic rings. The maximum Gasteiger partial charge on any atom is -0.171 e. The quantitative estimate of drug-likeness (QED) is 0.118. The van der Waals surface area contributed by atoms with Gasteiger partial charge in [-0.3, -0.25) is 6.08 Å². The van der Waals surface area contributed by atoms with Crippen molar-refractivity contribution < 1.29 is 23.3 Å². The van der Waals surface area contributed by atoms with Crippen LogP contribution in [0.4, 0.5) is 0 Å². The van der Waals surface area contributed by atoms with Gasteiger partial charge in [0.15, 0.2) is 0 Å². The molecule has 0 amide bonds. The average molecular weight is 635 g/mol. The molecule has 0 radical (unpaired) electrons. The largest absolute Gasteiger partial charge is 0.184 e. The topological polar surface area (TPSA) is 0 Å². The molecule has 4 heteroatoms. The summed E-state index contributed by atoms with van der Waals surface area (Å²) in [7, 11) is 0. The molecule has 0 bridgehead atoms. The normalized spacial score (nSPS) is 10.9. The molecular formula is C34H36Cl2SiZr-4. The van der Waals surface area contributed by atoms with Gasteiger partial charge in [-0.15, -0.1) is 42.4 Å². The number of hydrogen-bond donors (Lipinski definition) is 0. The van der Waals surface area contributed by atoms with Crippen molar-refractivity contribution in [2.24, 2.45) is 0 Å². The Hall–Kier alpha value is -1.96. The summed E-state index contributed by atoms with van der Waals surface area (Å²) in [5.74, 6) is 0. The first-order valence-electron chi connectivity index (χ1n) is 12.1. The van der Waals surface area contributed by atoms with Crippen molar-refractivity contribution in [1.82, 2.24) is 0 Å². The molecule has 6 rings (SSSR count). The van der Waals surface area contributed by atoms with Crippen molar-refractivity contribution in [2.75, 3.05) is 0 Å². The fourth-order valence-electron chi connectivity index (χ4n) is 3.52. The predicted octanol–water partition coefficient (Wildman–Crippen LogP) is 8.56. The van der Waals surface area contributed by atoms with Crippen LogP contribution in [0.5, 0.6) is 0 Å². The first-order chi connectivity index (χ1) is 17.6. The molecule has 2 aliphatic rings. The van der Waals surface area contributed by atoms with Crippen LogP contribution in [-0.4, -0.2) is 6.88 Å². The van der Waals surface area contributed by atoms with Gasteiger partial charge in [0.1, 0.15) is 0 Å². The molecule has 0 aliphatic heterocycles. The Bertz CT molecular complexity index is 1110. The third kappa shape index (κ3) is 13.2. The summed E-state index contributed by atoms with van der Waals surface area (Å²) < 4.78 is 0. The standard InChI is InChI=1S/C17H17.2C6H5.C5H5.2ClH.H2Si.Zr/c1-17(2,3)14-8-9-16-13(11-14)10-12-6-4-5-7-15(12)16;2*1-2-4-6-5-3-1;1-2-4-5-3-1;;;;/h4-9H,10H2,1-3H3;2*1-5H;1-3H,4H2;2*1H;1H2;/q4*-1;;;;. The summed E-state index contributed by atoms with van der Waals surface area (Å²) in [5, 5.41) is 0. The number of benzene rings is 4. The van der Waals surface area contributed by atoms with Crippen LogP contribution < -0.4 is 0 Å². The van der Waals surface area contributed by atoms with Crippen LogP contribution >= 0.6 is 24.8 Å². The van der Waals surface area contributed by atoms with Crippen LogP contribution in [0.15, 0.2) is 115 Å². The molecular weight excluding hydrogens is 599 g/mol. The van der Waals surface area contributed by atoms with Crippen LogP contribution in [0.1, 0.15) is 43.9 Å². The van der Waals surface area contributed by atoms with E-state index in [0.717, 1.165) is 12.8 Å². The Kier molecular flexibility index (Phi) is 19.9. The number of hydrogen-bond acceptors (Lipinski definition) is 0. The van der Waals surface area contributed by atoms with Gasteiger partial charge in [-0.2, -0.15) is 103 Å². The van der Waals surface area contributed by atoms with Gasteiger partial charge in [-0.25, -0.2) is 12.2 Å². The molecule has 0 nitrogen and oxygen atoms in total. The van der Waals surface area contributed by atoms with Crippen molar-refractivity contribution in [1.29, 1.82) is 0 Å². The molecule has 0 spiro atoms. The zero-order valence-electron chi connectivity index (χ0n) is 22.4. The minimum atomic E-state index is 0. The van der Waals surface area contributed by atoms with E-state index in [1.807, 2.05) is 79.7 Å². The summed E-state index contributed by atoms with van der Waals surface area (Å²) in [5.41, 5.74) is 7.05. The molecule has 0 atom stereocenters. The van der Waals surface area contributed by atoms with Crippen molar-refractivity contribution >= 4 is 31.7 Å². The monoisotopic (exact) mass is 632 g/mol. The first kappa shape index (κ1) is 36.0. The Morgan fingerprint density at radius 3 is 1.68 bits per heavy atom. The maximum atomic E-state index is 3.61. The van der Waals surface area contributed by atoms with E-state index in [9.17, 15) is 0 Å². The molecule has 0 N–H and O–H groups in total. The second kappa shape index (κ2) is 20.9. The van der Waals surface area contributed by atoms with Crippen LogP contribution in [0, 0.1) is 24.3 Å². The van der Waals surface area contributed by atoms with Gasteiger partial charge in [0.2, 0.25) is 0 Å². The van der Waals surface area contributed by atoms with E-state index in [4.69, 9.17) is 0 Å². The fourth-order valence-corrected chi connectivity index (χ4v) is 3.52. The molecule has 0 saturated heterocycles. The third-order valence-electron chi connectivity index (χ3n) is 5.31. The van der Waals surface area contributed by atoms with Gasteiger partial charge in [0, 0.05) is 0 Å². The molecule has 2 aliphatic carbocycles. The number of fused-ring (bicyclic) bond motifs is 3. The summed E-state index contributed by atoms with van der Waals surface area (Å²) >= 11 is 1.58. The average Bonchev–Trinajstić information content (AvgIpc) is 3.64. The molecule has 38 heavy (non-hydrogen) atoms. The van der Waals surface area contributed by atoms with E-state index in [-0.39, 0.29) is 30.2 Å². The number of rotatable bonds is 0. The van der Waals surface area contributed by atoms with Crippen molar-refractivity contribution in [3.05, 3.63) is 156 Å². The molecule has 0 unspecified atom stereocenters. The summed E-state index contributed by atoms with van der Waals surface area (Å²) in [6, 6.07) is 41.8. The molecule has 198 valence electrons. The second-order valence-electron chi connectivity index (χ2n) is 9.01. The third-order valence-corrected chi connectivity index (χ3v) is 5.31. The molecule has 0 fully saturated rings. The summed E-state index contributed by atoms with van der Waals surface area (Å²) in [6.45, 7) is 8.68. The van der Waals surface area contributed by atoms with Crippen LogP contribution in [0.3, 0.4) is 0 Å².